The highest BCUT2D eigenvalue weighted by molar-refractivity contribution is 9.10. The molecule has 1 saturated carbocycles. The third-order valence-electron chi connectivity index (χ3n) is 3.79. The molecule has 2 nitrogen and oxygen atoms in total. The molecular weight excluding hydrogens is 300 g/mol. The number of aliphatic hydroxyl groups excluding tert-OH is 1. The summed E-state index contributed by atoms with van der Waals surface area (Å²) in [5.41, 5.74) is 0.582. The fourth-order valence-electron chi connectivity index (χ4n) is 2.69. The fourth-order valence-corrected chi connectivity index (χ4v) is 4.22. The van der Waals surface area contributed by atoms with E-state index in [-0.39, 0.29) is 5.60 Å². The summed E-state index contributed by atoms with van der Waals surface area (Å²) in [6, 6.07) is 0. The number of halogens is 1. The molecule has 1 aliphatic rings. The van der Waals surface area contributed by atoms with Crippen molar-refractivity contribution in [3.05, 3.63) is 20.8 Å². The van der Waals surface area contributed by atoms with Gasteiger partial charge in [0.25, 0.3) is 0 Å². The molecule has 1 heterocycles. The van der Waals surface area contributed by atoms with Crippen LogP contribution < -0.4 is 0 Å². The van der Waals surface area contributed by atoms with Gasteiger partial charge < -0.3 is 9.84 Å². The lowest BCUT2D eigenvalue weighted by Crippen LogP contribution is -2.38. The van der Waals surface area contributed by atoms with Crippen LogP contribution in [0, 0.1) is 0 Å². The van der Waals surface area contributed by atoms with E-state index < -0.39 is 6.10 Å². The van der Waals surface area contributed by atoms with Crippen LogP contribution in [0.15, 0.2) is 15.2 Å². The van der Waals surface area contributed by atoms with E-state index in [1.165, 1.54) is 12.8 Å². The van der Waals surface area contributed by atoms with Gasteiger partial charge in [0.2, 0.25) is 0 Å². The lowest BCUT2D eigenvalue weighted by molar-refractivity contribution is -0.114. The lowest BCUT2D eigenvalue weighted by Gasteiger charge is -2.36. The molecule has 96 valence electrons. The van der Waals surface area contributed by atoms with Crippen molar-refractivity contribution in [3.8, 4) is 0 Å². The summed E-state index contributed by atoms with van der Waals surface area (Å²) < 4.78 is 6.73. The Bertz CT molecular complexity index is 356. The van der Waals surface area contributed by atoms with E-state index >= 15 is 0 Å². The molecule has 1 aromatic heterocycles. The molecule has 0 saturated heterocycles. The molecule has 4 heteroatoms. The Hall–Kier alpha value is 0.100. The van der Waals surface area contributed by atoms with Gasteiger partial charge in [-0.05, 0) is 34.2 Å². The number of hydrogen-bond acceptors (Lipinski definition) is 3. The topological polar surface area (TPSA) is 29.5 Å². The van der Waals surface area contributed by atoms with Crippen molar-refractivity contribution in [1.82, 2.24) is 0 Å². The zero-order chi connectivity index (χ0) is 12.3. The summed E-state index contributed by atoms with van der Waals surface area (Å²) in [6.45, 7) is 0. The first-order valence-corrected chi connectivity index (χ1v) is 7.88. The van der Waals surface area contributed by atoms with Gasteiger partial charge in [-0.1, -0.05) is 25.7 Å². The normalized spacial score (nSPS) is 22.1. The third-order valence-corrected chi connectivity index (χ3v) is 5.54. The molecule has 0 bridgehead atoms. The van der Waals surface area contributed by atoms with Gasteiger partial charge in [0.05, 0.1) is 5.60 Å². The van der Waals surface area contributed by atoms with Gasteiger partial charge in [0.15, 0.2) is 0 Å². The van der Waals surface area contributed by atoms with Crippen molar-refractivity contribution < 1.29 is 9.84 Å². The van der Waals surface area contributed by atoms with Gasteiger partial charge >= 0.3 is 0 Å². The number of thiophene rings is 1. The first-order valence-electron chi connectivity index (χ1n) is 6.14. The van der Waals surface area contributed by atoms with Crippen molar-refractivity contribution in [3.63, 3.8) is 0 Å². The van der Waals surface area contributed by atoms with Crippen LogP contribution in [-0.4, -0.2) is 17.8 Å². The number of hydrogen-bond donors (Lipinski definition) is 1. The molecule has 1 aromatic rings. The molecule has 2 rings (SSSR count). The quantitative estimate of drug-likeness (QED) is 0.843. The zero-order valence-corrected chi connectivity index (χ0v) is 12.5. The average molecular weight is 319 g/mol. The van der Waals surface area contributed by atoms with E-state index in [2.05, 4.69) is 15.9 Å². The predicted molar refractivity (Wildman–Crippen MR) is 74.4 cm³/mol. The van der Waals surface area contributed by atoms with Gasteiger partial charge in [-0.2, -0.15) is 11.3 Å². The first kappa shape index (κ1) is 13.5. The molecule has 17 heavy (non-hydrogen) atoms. The highest BCUT2D eigenvalue weighted by atomic mass is 79.9. The van der Waals surface area contributed by atoms with Crippen LogP contribution in [0.5, 0.6) is 0 Å². The maximum Gasteiger partial charge on any atom is 0.110 e. The van der Waals surface area contributed by atoms with Crippen LogP contribution in [-0.2, 0) is 4.74 Å². The van der Waals surface area contributed by atoms with Crippen molar-refractivity contribution in [2.45, 2.75) is 50.2 Å². The highest BCUT2D eigenvalue weighted by Gasteiger charge is 2.40. The van der Waals surface area contributed by atoms with Crippen molar-refractivity contribution >= 4 is 27.3 Å². The monoisotopic (exact) mass is 318 g/mol. The smallest absolute Gasteiger partial charge is 0.110 e. The summed E-state index contributed by atoms with van der Waals surface area (Å²) in [5.74, 6) is 0. The second-order valence-corrected chi connectivity index (χ2v) is 6.36. The van der Waals surface area contributed by atoms with Crippen molar-refractivity contribution in [2.24, 2.45) is 0 Å². The van der Waals surface area contributed by atoms with Crippen LogP contribution >= 0.6 is 27.3 Å². The van der Waals surface area contributed by atoms with Crippen LogP contribution in [0.2, 0.25) is 0 Å². The summed E-state index contributed by atoms with van der Waals surface area (Å²) in [6.07, 6.45) is 6.18. The summed E-state index contributed by atoms with van der Waals surface area (Å²) in [7, 11) is 1.73. The maximum atomic E-state index is 10.6. The first-order chi connectivity index (χ1) is 8.19. The molecule has 0 radical (unpaired) electrons. The van der Waals surface area contributed by atoms with Gasteiger partial charge in [-0.15, -0.1) is 0 Å². The Kier molecular flexibility index (Phi) is 4.64. The molecular formula is C13H19BrO2S. The average Bonchev–Trinajstić information content (AvgIpc) is 2.64. The second-order valence-electron chi connectivity index (χ2n) is 4.76. The molecule has 1 aliphatic carbocycles. The Morgan fingerprint density at radius 2 is 1.94 bits per heavy atom. The molecule has 0 spiro atoms. The second kappa shape index (κ2) is 5.83. The Morgan fingerprint density at radius 1 is 1.29 bits per heavy atom. The largest absolute Gasteiger partial charge is 0.385 e. The van der Waals surface area contributed by atoms with Crippen LogP contribution in [0.25, 0.3) is 0 Å². The Morgan fingerprint density at radius 3 is 2.41 bits per heavy atom. The van der Waals surface area contributed by atoms with E-state index in [4.69, 9.17) is 4.74 Å². The van der Waals surface area contributed by atoms with Gasteiger partial charge in [0.1, 0.15) is 6.10 Å². The minimum absolute atomic E-state index is 0.389. The van der Waals surface area contributed by atoms with E-state index in [0.29, 0.717) is 0 Å². The van der Waals surface area contributed by atoms with Crippen molar-refractivity contribution in [1.29, 1.82) is 0 Å². The number of aliphatic hydroxyl groups is 1. The third kappa shape index (κ3) is 2.75. The molecule has 1 N–H and O–H groups in total. The number of methoxy groups -OCH3 is 1. The molecule has 0 aromatic carbocycles. The summed E-state index contributed by atoms with van der Waals surface area (Å²) >= 11 is 5.11. The van der Waals surface area contributed by atoms with Gasteiger partial charge in [-0.25, -0.2) is 0 Å². The minimum atomic E-state index is -0.522. The fraction of sp³-hybridized carbons (Fsp3) is 0.692. The SMILES string of the molecule is COC1(C(O)c2cscc2Br)CCCCCC1. The Labute approximate surface area is 115 Å². The number of ether oxygens (including phenoxy) is 1. The standard InChI is InChI=1S/C13H19BrO2S/c1-16-13(6-4-2-3-5-7-13)12(15)10-8-17-9-11(10)14/h8-9,12,15H,2-7H2,1H3. The predicted octanol–water partition coefficient (Wildman–Crippen LogP) is 4.28. The zero-order valence-electron chi connectivity index (χ0n) is 10.1. The van der Waals surface area contributed by atoms with Crippen LogP contribution in [0.1, 0.15) is 50.2 Å². The Balaban J connectivity index is 2.24. The van der Waals surface area contributed by atoms with Crippen LogP contribution in [0.4, 0.5) is 0 Å². The van der Waals surface area contributed by atoms with Crippen LogP contribution in [0.3, 0.4) is 0 Å². The van der Waals surface area contributed by atoms with E-state index in [1.807, 2.05) is 10.8 Å². The molecule has 1 fully saturated rings. The van der Waals surface area contributed by atoms with E-state index in [9.17, 15) is 5.11 Å². The molecule has 0 amide bonds. The van der Waals surface area contributed by atoms with Crippen molar-refractivity contribution in [2.75, 3.05) is 7.11 Å². The van der Waals surface area contributed by atoms with Gasteiger partial charge in [-0.3, -0.25) is 0 Å². The maximum absolute atomic E-state index is 10.6. The lowest BCUT2D eigenvalue weighted by atomic mass is 9.85. The molecule has 1 atom stereocenters. The number of rotatable bonds is 3. The molecule has 1 unspecified atom stereocenters. The summed E-state index contributed by atoms with van der Waals surface area (Å²) in [4.78, 5) is 0. The highest BCUT2D eigenvalue weighted by Crippen LogP contribution is 2.42. The minimum Gasteiger partial charge on any atom is -0.385 e. The summed E-state index contributed by atoms with van der Waals surface area (Å²) in [5, 5.41) is 14.7. The van der Waals surface area contributed by atoms with E-state index in [1.54, 1.807) is 18.4 Å². The van der Waals surface area contributed by atoms with E-state index in [0.717, 1.165) is 35.7 Å². The van der Waals surface area contributed by atoms with Gasteiger partial charge in [0, 0.05) is 22.5 Å². The molecule has 0 aliphatic heterocycles.